The normalized spacial score (nSPS) is 27.1. The lowest BCUT2D eigenvalue weighted by Gasteiger charge is -2.24. The van der Waals surface area contributed by atoms with Crippen molar-refractivity contribution >= 4 is 9.84 Å². The summed E-state index contributed by atoms with van der Waals surface area (Å²) >= 11 is 0. The second-order valence-electron chi connectivity index (χ2n) is 5.64. The zero-order valence-corrected chi connectivity index (χ0v) is 12.2. The minimum absolute atomic E-state index is 0.277. The summed E-state index contributed by atoms with van der Waals surface area (Å²) in [4.78, 5) is 2.45. The molecule has 0 aromatic heterocycles. The molecule has 0 radical (unpaired) electrons. The van der Waals surface area contributed by atoms with Crippen LogP contribution < -0.4 is 5.32 Å². The van der Waals surface area contributed by atoms with Gasteiger partial charge in [-0.25, -0.2) is 8.42 Å². The largest absolute Gasteiger partial charge is 0.312 e. The van der Waals surface area contributed by atoms with Crippen LogP contribution in [-0.2, 0) is 9.84 Å². The first-order chi connectivity index (χ1) is 8.61. The SMILES string of the molecule is CCS(=O)(=O)CCCN1CCCNC(C2CC2)C1. The molecule has 106 valence electrons. The van der Waals surface area contributed by atoms with Crippen LogP contribution in [0.3, 0.4) is 0 Å². The maximum atomic E-state index is 11.5. The van der Waals surface area contributed by atoms with Gasteiger partial charge < -0.3 is 10.2 Å². The average molecular weight is 274 g/mol. The van der Waals surface area contributed by atoms with Crippen molar-refractivity contribution in [2.24, 2.45) is 5.92 Å². The smallest absolute Gasteiger partial charge is 0.150 e. The highest BCUT2D eigenvalue weighted by atomic mass is 32.2. The summed E-state index contributed by atoms with van der Waals surface area (Å²) in [6, 6.07) is 0.648. The summed E-state index contributed by atoms with van der Waals surface area (Å²) in [5.41, 5.74) is 0. The van der Waals surface area contributed by atoms with Crippen LogP contribution >= 0.6 is 0 Å². The van der Waals surface area contributed by atoms with Gasteiger partial charge in [0.1, 0.15) is 9.84 Å². The van der Waals surface area contributed by atoms with Gasteiger partial charge in [-0.3, -0.25) is 0 Å². The highest BCUT2D eigenvalue weighted by Gasteiger charge is 2.32. The zero-order chi connectivity index (χ0) is 13.0. The topological polar surface area (TPSA) is 49.4 Å². The Kier molecular flexibility index (Phi) is 5.04. The van der Waals surface area contributed by atoms with Gasteiger partial charge in [0, 0.05) is 18.3 Å². The number of nitrogens with zero attached hydrogens (tertiary/aromatic N) is 1. The van der Waals surface area contributed by atoms with E-state index in [1.165, 1.54) is 19.3 Å². The molecule has 0 spiro atoms. The van der Waals surface area contributed by atoms with Crippen LogP contribution in [0.5, 0.6) is 0 Å². The molecular formula is C13H26N2O2S. The summed E-state index contributed by atoms with van der Waals surface area (Å²) in [5.74, 6) is 1.51. The summed E-state index contributed by atoms with van der Waals surface area (Å²) in [6.07, 6.45) is 4.71. The first kappa shape index (κ1) is 14.3. The number of nitrogens with one attached hydrogen (secondary N) is 1. The van der Waals surface area contributed by atoms with Crippen molar-refractivity contribution in [1.82, 2.24) is 10.2 Å². The second kappa shape index (κ2) is 6.35. The van der Waals surface area contributed by atoms with Crippen molar-refractivity contribution in [1.29, 1.82) is 0 Å². The zero-order valence-electron chi connectivity index (χ0n) is 11.4. The van der Waals surface area contributed by atoms with E-state index in [4.69, 9.17) is 0 Å². The third-order valence-corrected chi connectivity index (χ3v) is 5.86. The van der Waals surface area contributed by atoms with Gasteiger partial charge in [0.25, 0.3) is 0 Å². The third-order valence-electron chi connectivity index (χ3n) is 4.07. The first-order valence-corrected chi connectivity index (χ1v) is 9.09. The Morgan fingerprint density at radius 3 is 2.78 bits per heavy atom. The molecule has 1 aliphatic carbocycles. The Balaban J connectivity index is 1.73. The van der Waals surface area contributed by atoms with E-state index in [9.17, 15) is 8.42 Å². The van der Waals surface area contributed by atoms with Crippen molar-refractivity contribution < 1.29 is 8.42 Å². The van der Waals surface area contributed by atoms with Gasteiger partial charge in [0.2, 0.25) is 0 Å². The molecule has 2 aliphatic rings. The lowest BCUT2D eigenvalue weighted by molar-refractivity contribution is 0.259. The van der Waals surface area contributed by atoms with Gasteiger partial charge in [-0.15, -0.1) is 0 Å². The molecular weight excluding hydrogens is 248 g/mol. The van der Waals surface area contributed by atoms with Crippen LogP contribution in [0.1, 0.15) is 32.6 Å². The third kappa shape index (κ3) is 4.52. The summed E-state index contributed by atoms with van der Waals surface area (Å²) < 4.78 is 22.9. The standard InChI is InChI=1S/C13H26N2O2S/c1-2-18(16,17)10-4-9-15-8-3-7-14-13(11-15)12-5-6-12/h12-14H,2-11H2,1H3. The molecule has 4 nitrogen and oxygen atoms in total. The average Bonchev–Trinajstić information content (AvgIpc) is 3.15. The molecule has 1 heterocycles. The Morgan fingerprint density at radius 2 is 2.11 bits per heavy atom. The van der Waals surface area contributed by atoms with Crippen LogP contribution in [-0.4, -0.2) is 57.0 Å². The molecule has 0 aromatic carbocycles. The van der Waals surface area contributed by atoms with Crippen molar-refractivity contribution in [3.63, 3.8) is 0 Å². The fraction of sp³-hybridized carbons (Fsp3) is 1.00. The second-order valence-corrected chi connectivity index (χ2v) is 8.11. The molecule has 1 N–H and O–H groups in total. The fourth-order valence-corrected chi connectivity index (χ4v) is 3.55. The van der Waals surface area contributed by atoms with E-state index in [2.05, 4.69) is 10.2 Å². The predicted octanol–water partition coefficient (Wildman–Crippen LogP) is 0.885. The lowest BCUT2D eigenvalue weighted by Crippen LogP contribution is -2.39. The molecule has 1 saturated heterocycles. The van der Waals surface area contributed by atoms with Gasteiger partial charge in [-0.1, -0.05) is 6.92 Å². The van der Waals surface area contributed by atoms with E-state index in [1.54, 1.807) is 6.92 Å². The van der Waals surface area contributed by atoms with Crippen molar-refractivity contribution in [3.05, 3.63) is 0 Å². The van der Waals surface area contributed by atoms with E-state index in [-0.39, 0.29) is 5.75 Å². The monoisotopic (exact) mass is 274 g/mol. The number of sulfone groups is 1. The van der Waals surface area contributed by atoms with E-state index in [1.807, 2.05) is 0 Å². The van der Waals surface area contributed by atoms with E-state index in [0.717, 1.165) is 38.5 Å². The maximum absolute atomic E-state index is 11.5. The van der Waals surface area contributed by atoms with Gasteiger partial charge >= 0.3 is 0 Å². The van der Waals surface area contributed by atoms with Crippen LogP contribution in [0.15, 0.2) is 0 Å². The van der Waals surface area contributed by atoms with Gasteiger partial charge in [0.15, 0.2) is 0 Å². The first-order valence-electron chi connectivity index (χ1n) is 7.27. The van der Waals surface area contributed by atoms with Crippen molar-refractivity contribution in [2.45, 2.75) is 38.6 Å². The fourth-order valence-electron chi connectivity index (χ4n) is 2.69. The highest BCUT2D eigenvalue weighted by Crippen LogP contribution is 2.33. The lowest BCUT2D eigenvalue weighted by atomic mass is 10.2. The van der Waals surface area contributed by atoms with Gasteiger partial charge in [-0.2, -0.15) is 0 Å². The predicted molar refractivity (Wildman–Crippen MR) is 74.5 cm³/mol. The van der Waals surface area contributed by atoms with Crippen LogP contribution in [0, 0.1) is 5.92 Å². The molecule has 1 unspecified atom stereocenters. The minimum atomic E-state index is -2.79. The molecule has 1 aliphatic heterocycles. The highest BCUT2D eigenvalue weighted by molar-refractivity contribution is 7.91. The number of rotatable bonds is 6. The molecule has 2 fully saturated rings. The molecule has 18 heavy (non-hydrogen) atoms. The molecule has 5 heteroatoms. The van der Waals surface area contributed by atoms with Crippen molar-refractivity contribution in [2.75, 3.05) is 37.7 Å². The van der Waals surface area contributed by atoms with Crippen LogP contribution in [0.4, 0.5) is 0 Å². The molecule has 0 amide bonds. The number of hydrogen-bond donors (Lipinski definition) is 1. The summed E-state index contributed by atoms with van der Waals surface area (Å²) in [5, 5.41) is 3.63. The molecule has 1 saturated carbocycles. The molecule has 1 atom stereocenters. The van der Waals surface area contributed by atoms with E-state index in [0.29, 0.717) is 11.8 Å². The Morgan fingerprint density at radius 1 is 1.33 bits per heavy atom. The van der Waals surface area contributed by atoms with Crippen molar-refractivity contribution in [3.8, 4) is 0 Å². The maximum Gasteiger partial charge on any atom is 0.150 e. The Hall–Kier alpha value is -0.130. The summed E-state index contributed by atoms with van der Waals surface area (Å²) in [7, 11) is -2.79. The van der Waals surface area contributed by atoms with Gasteiger partial charge in [-0.05, 0) is 51.2 Å². The van der Waals surface area contributed by atoms with E-state index >= 15 is 0 Å². The van der Waals surface area contributed by atoms with Crippen LogP contribution in [0.25, 0.3) is 0 Å². The number of hydrogen-bond acceptors (Lipinski definition) is 4. The minimum Gasteiger partial charge on any atom is -0.312 e. The van der Waals surface area contributed by atoms with E-state index < -0.39 is 9.84 Å². The quantitative estimate of drug-likeness (QED) is 0.781. The molecule has 0 bridgehead atoms. The molecule has 0 aromatic rings. The Labute approximate surface area is 111 Å². The van der Waals surface area contributed by atoms with Crippen LogP contribution in [0.2, 0.25) is 0 Å². The van der Waals surface area contributed by atoms with Gasteiger partial charge in [0.05, 0.1) is 5.75 Å². The summed E-state index contributed by atoms with van der Waals surface area (Å²) in [6.45, 7) is 6.00. The molecule has 2 rings (SSSR count). The Bertz CT molecular complexity index is 352.